The molecule has 5 nitrogen and oxygen atoms in total. The number of fused-ring (bicyclic) bond motifs is 3. The predicted molar refractivity (Wildman–Crippen MR) is 75.8 cm³/mol. The number of aliphatic imine (C=N–C) groups is 1. The summed E-state index contributed by atoms with van der Waals surface area (Å²) in [4.78, 5) is 8.96. The first-order valence-electron chi connectivity index (χ1n) is 6.18. The van der Waals surface area contributed by atoms with Gasteiger partial charge in [-0.3, -0.25) is 9.98 Å². The molecule has 0 saturated heterocycles. The van der Waals surface area contributed by atoms with Gasteiger partial charge in [-0.05, 0) is 19.1 Å². The van der Waals surface area contributed by atoms with Gasteiger partial charge in [0.05, 0.1) is 7.11 Å². The first kappa shape index (κ1) is 11.8. The molecule has 0 spiro atoms. The Morgan fingerprint density at radius 1 is 1.42 bits per heavy atom. The van der Waals surface area contributed by atoms with Crippen LogP contribution in [0.25, 0.3) is 10.9 Å². The summed E-state index contributed by atoms with van der Waals surface area (Å²) in [6.45, 7) is 2.75. The van der Waals surface area contributed by atoms with Crippen molar-refractivity contribution < 1.29 is 9.84 Å². The van der Waals surface area contributed by atoms with Gasteiger partial charge in [0.1, 0.15) is 16.9 Å². The number of hydrogen-bond acceptors (Lipinski definition) is 5. The number of nitrogens with one attached hydrogen (secondary N) is 1. The van der Waals surface area contributed by atoms with E-state index in [1.165, 1.54) is 0 Å². The van der Waals surface area contributed by atoms with Gasteiger partial charge in [-0.15, -0.1) is 0 Å². The number of anilines is 1. The van der Waals surface area contributed by atoms with E-state index in [9.17, 15) is 5.11 Å². The minimum atomic E-state index is 0.103. The fourth-order valence-electron chi connectivity index (χ4n) is 2.34. The van der Waals surface area contributed by atoms with Gasteiger partial charge < -0.3 is 15.2 Å². The largest absolute Gasteiger partial charge is 0.504 e. The summed E-state index contributed by atoms with van der Waals surface area (Å²) >= 11 is 0. The van der Waals surface area contributed by atoms with E-state index in [1.54, 1.807) is 19.4 Å². The smallest absolute Gasteiger partial charge is 0.186 e. The first-order chi connectivity index (χ1) is 9.22. The molecule has 2 aromatic rings. The molecule has 0 fully saturated rings. The molecule has 0 bridgehead atoms. The molecule has 0 unspecified atom stereocenters. The number of aromatic hydroxyl groups is 1. The van der Waals surface area contributed by atoms with Gasteiger partial charge in [-0.25, -0.2) is 0 Å². The summed E-state index contributed by atoms with van der Waals surface area (Å²) in [7, 11) is 1.54. The Labute approximate surface area is 111 Å². The number of ether oxygens (including phenoxy) is 1. The van der Waals surface area contributed by atoms with E-state index >= 15 is 0 Å². The minimum absolute atomic E-state index is 0.103. The molecule has 0 aliphatic carbocycles. The zero-order valence-corrected chi connectivity index (χ0v) is 10.9. The van der Waals surface area contributed by atoms with Crippen molar-refractivity contribution in [3.63, 3.8) is 0 Å². The highest BCUT2D eigenvalue weighted by atomic mass is 16.5. The molecule has 1 aliphatic rings. The lowest BCUT2D eigenvalue weighted by Crippen LogP contribution is -2.04. The van der Waals surface area contributed by atoms with E-state index < -0.39 is 0 Å². The van der Waals surface area contributed by atoms with Gasteiger partial charge in [0.25, 0.3) is 0 Å². The van der Waals surface area contributed by atoms with Crippen molar-refractivity contribution in [2.45, 2.75) is 13.3 Å². The number of pyridine rings is 1. The van der Waals surface area contributed by atoms with Crippen molar-refractivity contribution in [1.29, 1.82) is 0 Å². The monoisotopic (exact) mass is 257 g/mol. The molecule has 3 rings (SSSR count). The zero-order valence-electron chi connectivity index (χ0n) is 10.9. The highest BCUT2D eigenvalue weighted by Gasteiger charge is 2.22. The van der Waals surface area contributed by atoms with Gasteiger partial charge >= 0.3 is 0 Å². The Morgan fingerprint density at radius 3 is 3.05 bits per heavy atom. The molecule has 5 heteroatoms. The Bertz CT molecular complexity index is 680. The lowest BCUT2D eigenvalue weighted by Gasteiger charge is -2.15. The summed E-state index contributed by atoms with van der Waals surface area (Å²) in [6.07, 6.45) is 2.55. The maximum atomic E-state index is 10.3. The zero-order chi connectivity index (χ0) is 13.4. The van der Waals surface area contributed by atoms with Gasteiger partial charge in [-0.2, -0.15) is 0 Å². The Kier molecular flexibility index (Phi) is 2.74. The number of phenolic OH excluding ortho intramolecular Hbond substituents is 1. The molecule has 1 aromatic heterocycles. The number of rotatable bonds is 1. The summed E-state index contributed by atoms with van der Waals surface area (Å²) in [5, 5.41) is 14.2. The summed E-state index contributed by atoms with van der Waals surface area (Å²) in [5.41, 5.74) is 3.17. The Morgan fingerprint density at radius 2 is 2.26 bits per heavy atom. The molecule has 19 heavy (non-hydrogen) atoms. The fraction of sp³-hybridized carbons (Fsp3) is 0.286. The normalized spacial score (nSPS) is 14.3. The van der Waals surface area contributed by atoms with Crippen LogP contribution in [-0.2, 0) is 0 Å². The molecule has 0 amide bonds. The number of phenols is 1. The van der Waals surface area contributed by atoms with Gasteiger partial charge in [0.2, 0.25) is 0 Å². The minimum Gasteiger partial charge on any atom is -0.504 e. The Hall–Kier alpha value is -2.30. The summed E-state index contributed by atoms with van der Waals surface area (Å²) in [5.74, 6) is 0.528. The molecule has 1 aliphatic heterocycles. The van der Waals surface area contributed by atoms with Crippen molar-refractivity contribution in [3.05, 3.63) is 18.3 Å². The second-order valence-corrected chi connectivity index (χ2v) is 4.53. The van der Waals surface area contributed by atoms with Crippen LogP contribution in [0.1, 0.15) is 13.3 Å². The average molecular weight is 257 g/mol. The SMILES string of the molecule is COc1c2c(c3ncccc3c1O)N=C(C)CCN2. The molecular formula is C14H15N3O2. The maximum absolute atomic E-state index is 10.3. The van der Waals surface area contributed by atoms with E-state index in [0.717, 1.165) is 24.4 Å². The average Bonchev–Trinajstić information content (AvgIpc) is 2.61. The van der Waals surface area contributed by atoms with Gasteiger partial charge in [0, 0.05) is 30.3 Å². The summed E-state index contributed by atoms with van der Waals surface area (Å²) < 4.78 is 5.33. The number of benzene rings is 1. The first-order valence-corrected chi connectivity index (χ1v) is 6.18. The van der Waals surface area contributed by atoms with Crippen LogP contribution < -0.4 is 10.1 Å². The second kappa shape index (κ2) is 4.42. The highest BCUT2D eigenvalue weighted by Crippen LogP contribution is 2.48. The van der Waals surface area contributed by atoms with Crippen molar-refractivity contribution in [2.24, 2.45) is 4.99 Å². The van der Waals surface area contributed by atoms with Crippen LogP contribution >= 0.6 is 0 Å². The van der Waals surface area contributed by atoms with Crippen molar-refractivity contribution in [3.8, 4) is 11.5 Å². The molecule has 2 N–H and O–H groups in total. The van der Waals surface area contributed by atoms with Crippen LogP contribution in [0, 0.1) is 0 Å². The van der Waals surface area contributed by atoms with Crippen molar-refractivity contribution in [2.75, 3.05) is 19.0 Å². The lowest BCUT2D eigenvalue weighted by atomic mass is 10.1. The molecular weight excluding hydrogens is 242 g/mol. The quantitative estimate of drug-likeness (QED) is 0.824. The van der Waals surface area contributed by atoms with Crippen LogP contribution in [-0.4, -0.2) is 29.5 Å². The standard InChI is InChI=1S/C14H15N3O2/c1-8-5-7-16-12-11(17-8)10-9(4-3-6-15-10)13(18)14(12)19-2/h3-4,6,16,18H,5,7H2,1-2H3. The number of nitrogens with zero attached hydrogens (tertiary/aromatic N) is 2. The number of aromatic nitrogens is 1. The van der Waals surface area contributed by atoms with Crippen LogP contribution in [0.15, 0.2) is 23.3 Å². The third kappa shape index (κ3) is 1.78. The van der Waals surface area contributed by atoms with Crippen molar-refractivity contribution in [1.82, 2.24) is 4.98 Å². The van der Waals surface area contributed by atoms with E-state index in [0.29, 0.717) is 22.3 Å². The topological polar surface area (TPSA) is 66.7 Å². The lowest BCUT2D eigenvalue weighted by molar-refractivity contribution is 0.378. The van der Waals surface area contributed by atoms with Crippen molar-refractivity contribution >= 4 is 28.0 Å². The predicted octanol–water partition coefficient (Wildman–Crippen LogP) is 2.86. The van der Waals surface area contributed by atoms with Crippen LogP contribution in [0.2, 0.25) is 0 Å². The molecule has 0 atom stereocenters. The Balaban J connectivity index is 2.45. The van der Waals surface area contributed by atoms with Gasteiger partial charge in [0.15, 0.2) is 11.5 Å². The van der Waals surface area contributed by atoms with Gasteiger partial charge in [-0.1, -0.05) is 0 Å². The van der Waals surface area contributed by atoms with E-state index in [2.05, 4.69) is 15.3 Å². The molecule has 1 aromatic carbocycles. The van der Waals surface area contributed by atoms with Crippen LogP contribution in [0.5, 0.6) is 11.5 Å². The third-order valence-corrected chi connectivity index (χ3v) is 3.26. The van der Waals surface area contributed by atoms with E-state index in [4.69, 9.17) is 4.74 Å². The number of methoxy groups -OCH3 is 1. The maximum Gasteiger partial charge on any atom is 0.186 e. The summed E-state index contributed by atoms with van der Waals surface area (Å²) in [6, 6.07) is 3.60. The second-order valence-electron chi connectivity index (χ2n) is 4.53. The third-order valence-electron chi connectivity index (χ3n) is 3.26. The fourth-order valence-corrected chi connectivity index (χ4v) is 2.34. The van der Waals surface area contributed by atoms with E-state index in [-0.39, 0.29) is 5.75 Å². The number of hydrogen-bond donors (Lipinski definition) is 2. The highest BCUT2D eigenvalue weighted by molar-refractivity contribution is 6.06. The molecule has 2 heterocycles. The van der Waals surface area contributed by atoms with E-state index in [1.807, 2.05) is 13.0 Å². The molecule has 0 saturated carbocycles. The van der Waals surface area contributed by atoms with Crippen LogP contribution in [0.3, 0.4) is 0 Å². The molecule has 98 valence electrons. The molecule has 0 radical (unpaired) electrons. The van der Waals surface area contributed by atoms with Crippen LogP contribution in [0.4, 0.5) is 11.4 Å².